The first-order valence-electron chi connectivity index (χ1n) is 6.93. The monoisotopic (exact) mass is 252 g/mol. The largest absolute Gasteiger partial charge is 0.255 e. The fraction of sp³-hybridized carbons (Fsp3) is 0.294. The Morgan fingerprint density at radius 3 is 2.84 bits per heavy atom. The quantitative estimate of drug-likeness (QED) is 0.882. The van der Waals surface area contributed by atoms with E-state index >= 15 is 0 Å². The molecule has 0 amide bonds. The summed E-state index contributed by atoms with van der Waals surface area (Å²) in [4.78, 5) is 0. The van der Waals surface area contributed by atoms with Gasteiger partial charge in [0, 0.05) is 20.1 Å². The van der Waals surface area contributed by atoms with E-state index in [0.717, 1.165) is 13.1 Å². The molecule has 1 heterocycles. The number of benzene rings is 2. The van der Waals surface area contributed by atoms with E-state index < -0.39 is 0 Å². The lowest BCUT2D eigenvalue weighted by Crippen LogP contribution is -2.43. The minimum Gasteiger partial charge on any atom is -0.255 e. The van der Waals surface area contributed by atoms with Gasteiger partial charge in [0.25, 0.3) is 0 Å². The first kappa shape index (κ1) is 12.4. The van der Waals surface area contributed by atoms with Gasteiger partial charge in [-0.1, -0.05) is 54.6 Å². The molecule has 2 nitrogen and oxygen atoms in total. The highest BCUT2D eigenvalue weighted by molar-refractivity contribution is 5.90. The van der Waals surface area contributed by atoms with Crippen LogP contribution < -0.4 is 5.43 Å². The molecule has 1 N–H and O–H groups in total. The smallest absolute Gasteiger partial charge is 0.0166 e. The van der Waals surface area contributed by atoms with E-state index in [1.54, 1.807) is 0 Å². The second-order valence-electron chi connectivity index (χ2n) is 5.26. The Balaban J connectivity index is 1.81. The predicted molar refractivity (Wildman–Crippen MR) is 81.7 cm³/mol. The minimum atomic E-state index is 0.634. The average Bonchev–Trinajstić information content (AvgIpc) is 2.47. The summed E-state index contributed by atoms with van der Waals surface area (Å²) in [6, 6.07) is 15.1. The third kappa shape index (κ3) is 2.86. The van der Waals surface area contributed by atoms with Crippen LogP contribution in [-0.4, -0.2) is 25.1 Å². The van der Waals surface area contributed by atoms with Crippen LogP contribution in [0.4, 0.5) is 0 Å². The number of fused-ring (bicyclic) bond motifs is 1. The van der Waals surface area contributed by atoms with E-state index in [1.165, 1.54) is 22.8 Å². The van der Waals surface area contributed by atoms with Crippen LogP contribution in [0, 0.1) is 5.92 Å². The molecular formula is C17H20N2. The molecule has 1 fully saturated rings. The van der Waals surface area contributed by atoms with E-state index in [1.807, 2.05) is 0 Å². The Morgan fingerprint density at radius 2 is 2.00 bits per heavy atom. The zero-order valence-corrected chi connectivity index (χ0v) is 11.3. The van der Waals surface area contributed by atoms with Gasteiger partial charge in [0.1, 0.15) is 0 Å². The van der Waals surface area contributed by atoms with Crippen LogP contribution in [0.2, 0.25) is 0 Å². The van der Waals surface area contributed by atoms with Gasteiger partial charge < -0.3 is 0 Å². The molecule has 0 radical (unpaired) electrons. The first-order chi connectivity index (χ1) is 9.33. The molecule has 1 saturated heterocycles. The van der Waals surface area contributed by atoms with Gasteiger partial charge in [0.05, 0.1) is 0 Å². The molecule has 19 heavy (non-hydrogen) atoms. The summed E-state index contributed by atoms with van der Waals surface area (Å²) in [6.45, 7) is 2.16. The maximum absolute atomic E-state index is 3.39. The standard InChI is InChI=1S/C17H20N2/c1-19-12-11-14(13-18-19)9-10-16-7-4-6-15-5-2-3-8-17(15)16/h2-10,14,18H,11-13H2,1H3/b10-9+. The van der Waals surface area contributed by atoms with Crippen molar-refractivity contribution in [2.75, 3.05) is 20.1 Å². The molecule has 1 aliphatic rings. The predicted octanol–water partition coefficient (Wildman–Crippen LogP) is 3.31. The van der Waals surface area contributed by atoms with Crippen LogP contribution in [-0.2, 0) is 0 Å². The van der Waals surface area contributed by atoms with Crippen molar-refractivity contribution < 1.29 is 0 Å². The van der Waals surface area contributed by atoms with Crippen LogP contribution in [0.25, 0.3) is 16.8 Å². The highest BCUT2D eigenvalue weighted by atomic mass is 15.5. The lowest BCUT2D eigenvalue weighted by Gasteiger charge is -2.28. The summed E-state index contributed by atoms with van der Waals surface area (Å²) in [7, 11) is 2.10. The molecule has 0 aromatic heterocycles. The number of nitrogens with one attached hydrogen (secondary N) is 1. The summed E-state index contributed by atoms with van der Waals surface area (Å²) in [6.07, 6.45) is 5.85. The molecule has 2 heteroatoms. The van der Waals surface area contributed by atoms with Gasteiger partial charge in [-0.25, -0.2) is 5.01 Å². The zero-order valence-electron chi connectivity index (χ0n) is 11.3. The molecule has 1 aliphatic heterocycles. The van der Waals surface area contributed by atoms with Gasteiger partial charge in [0.15, 0.2) is 0 Å². The van der Waals surface area contributed by atoms with Crippen molar-refractivity contribution in [3.63, 3.8) is 0 Å². The Hall–Kier alpha value is -1.64. The molecule has 1 unspecified atom stereocenters. The number of hydrogen-bond donors (Lipinski definition) is 1. The van der Waals surface area contributed by atoms with Crippen LogP contribution in [0.5, 0.6) is 0 Å². The zero-order chi connectivity index (χ0) is 13.1. The van der Waals surface area contributed by atoms with Crippen molar-refractivity contribution in [2.45, 2.75) is 6.42 Å². The molecule has 0 bridgehead atoms. The van der Waals surface area contributed by atoms with Crippen molar-refractivity contribution in [3.05, 3.63) is 54.1 Å². The summed E-state index contributed by atoms with van der Waals surface area (Å²) >= 11 is 0. The van der Waals surface area contributed by atoms with Crippen LogP contribution >= 0.6 is 0 Å². The number of hydrazine groups is 1. The highest BCUT2D eigenvalue weighted by Gasteiger charge is 2.12. The van der Waals surface area contributed by atoms with E-state index in [0.29, 0.717) is 5.92 Å². The lowest BCUT2D eigenvalue weighted by molar-refractivity contribution is 0.170. The fourth-order valence-electron chi connectivity index (χ4n) is 2.61. The Morgan fingerprint density at radius 1 is 1.16 bits per heavy atom. The molecule has 2 aromatic carbocycles. The summed E-state index contributed by atoms with van der Waals surface area (Å²) in [5, 5.41) is 4.82. The van der Waals surface area contributed by atoms with Gasteiger partial charge in [-0.3, -0.25) is 5.43 Å². The van der Waals surface area contributed by atoms with E-state index in [2.05, 4.69) is 72.1 Å². The lowest BCUT2D eigenvalue weighted by atomic mass is 9.99. The summed E-state index contributed by atoms with van der Waals surface area (Å²) < 4.78 is 0. The van der Waals surface area contributed by atoms with E-state index in [9.17, 15) is 0 Å². The average molecular weight is 252 g/mol. The number of hydrogen-bond acceptors (Lipinski definition) is 2. The van der Waals surface area contributed by atoms with Crippen molar-refractivity contribution in [1.82, 2.24) is 10.4 Å². The van der Waals surface area contributed by atoms with Gasteiger partial charge in [-0.05, 0) is 28.7 Å². The molecule has 2 aromatic rings. The van der Waals surface area contributed by atoms with Crippen molar-refractivity contribution in [2.24, 2.45) is 5.92 Å². The minimum absolute atomic E-state index is 0.634. The van der Waals surface area contributed by atoms with Crippen LogP contribution in [0.1, 0.15) is 12.0 Å². The van der Waals surface area contributed by atoms with Crippen molar-refractivity contribution in [1.29, 1.82) is 0 Å². The third-order valence-electron chi connectivity index (χ3n) is 3.83. The van der Waals surface area contributed by atoms with Crippen molar-refractivity contribution in [3.8, 4) is 0 Å². The van der Waals surface area contributed by atoms with Gasteiger partial charge >= 0.3 is 0 Å². The van der Waals surface area contributed by atoms with E-state index in [-0.39, 0.29) is 0 Å². The maximum atomic E-state index is 3.39. The van der Waals surface area contributed by atoms with E-state index in [4.69, 9.17) is 0 Å². The van der Waals surface area contributed by atoms with Gasteiger partial charge in [-0.2, -0.15) is 0 Å². The topological polar surface area (TPSA) is 15.3 Å². The molecule has 0 aliphatic carbocycles. The molecular weight excluding hydrogens is 232 g/mol. The summed E-state index contributed by atoms with van der Waals surface area (Å²) in [5.41, 5.74) is 4.70. The maximum Gasteiger partial charge on any atom is 0.0166 e. The van der Waals surface area contributed by atoms with Crippen LogP contribution in [0.15, 0.2) is 48.5 Å². The summed E-state index contributed by atoms with van der Waals surface area (Å²) in [5.74, 6) is 0.634. The number of nitrogens with zero attached hydrogens (tertiary/aromatic N) is 1. The molecule has 0 spiro atoms. The molecule has 0 saturated carbocycles. The molecule has 98 valence electrons. The Labute approximate surface area is 114 Å². The Kier molecular flexibility index (Phi) is 3.62. The molecule has 1 atom stereocenters. The van der Waals surface area contributed by atoms with Crippen LogP contribution in [0.3, 0.4) is 0 Å². The second kappa shape index (κ2) is 5.55. The SMILES string of the molecule is CN1CCC(/C=C/c2cccc3ccccc23)CN1. The van der Waals surface area contributed by atoms with Gasteiger partial charge in [0.2, 0.25) is 0 Å². The van der Waals surface area contributed by atoms with Gasteiger partial charge in [-0.15, -0.1) is 0 Å². The number of rotatable bonds is 2. The van der Waals surface area contributed by atoms with Crippen molar-refractivity contribution >= 4 is 16.8 Å². The highest BCUT2D eigenvalue weighted by Crippen LogP contribution is 2.21. The third-order valence-corrected chi connectivity index (χ3v) is 3.83. The fourth-order valence-corrected chi connectivity index (χ4v) is 2.61. The molecule has 3 rings (SSSR count). The normalized spacial score (nSPS) is 21.2. The second-order valence-corrected chi connectivity index (χ2v) is 5.26. The first-order valence-corrected chi connectivity index (χ1v) is 6.93. The Bertz CT molecular complexity index is 575.